The summed E-state index contributed by atoms with van der Waals surface area (Å²) in [4.78, 5) is 26.4. The van der Waals surface area contributed by atoms with Crippen LogP contribution >= 0.6 is 11.8 Å². The number of piperidine rings is 1. The monoisotopic (exact) mass is 403 g/mol. The molecule has 0 N–H and O–H groups in total. The molecule has 0 unspecified atom stereocenters. The van der Waals surface area contributed by atoms with Gasteiger partial charge in [-0.2, -0.15) is 4.68 Å². The molecule has 1 saturated heterocycles. The highest BCUT2D eigenvalue weighted by Crippen LogP contribution is 2.23. The van der Waals surface area contributed by atoms with Crippen molar-refractivity contribution in [1.82, 2.24) is 25.1 Å². The molecule has 1 amide bonds. The zero-order valence-electron chi connectivity index (χ0n) is 16.4. The Kier molecular flexibility index (Phi) is 6.66. The van der Waals surface area contributed by atoms with E-state index in [1.165, 1.54) is 17.3 Å². The Balaban J connectivity index is 1.63. The summed E-state index contributed by atoms with van der Waals surface area (Å²) in [6.07, 6.45) is 1.57. The molecule has 3 rings (SSSR count). The van der Waals surface area contributed by atoms with Crippen LogP contribution in [0.25, 0.3) is 5.69 Å². The van der Waals surface area contributed by atoms with E-state index in [0.717, 1.165) is 24.1 Å². The number of nitrogens with zero attached hydrogens (tertiary/aromatic N) is 5. The zero-order chi connectivity index (χ0) is 20.1. The van der Waals surface area contributed by atoms with Crippen molar-refractivity contribution < 1.29 is 14.3 Å². The first-order valence-corrected chi connectivity index (χ1v) is 10.4. The van der Waals surface area contributed by atoms with Crippen molar-refractivity contribution in [3.8, 4) is 5.69 Å². The molecule has 28 heavy (non-hydrogen) atoms. The topological polar surface area (TPSA) is 90.2 Å². The molecule has 0 spiro atoms. The van der Waals surface area contributed by atoms with E-state index in [0.29, 0.717) is 24.9 Å². The number of hydrogen-bond donors (Lipinski definition) is 0. The first-order valence-electron chi connectivity index (χ1n) is 9.42. The molecule has 150 valence electrons. The molecule has 1 aliphatic rings. The van der Waals surface area contributed by atoms with Crippen LogP contribution < -0.4 is 0 Å². The number of benzene rings is 1. The molecule has 0 aliphatic carbocycles. The van der Waals surface area contributed by atoms with Gasteiger partial charge in [-0.15, -0.1) is 5.10 Å². The van der Waals surface area contributed by atoms with E-state index in [1.807, 2.05) is 26.0 Å². The molecule has 1 fully saturated rings. The lowest BCUT2D eigenvalue weighted by atomic mass is 9.98. The number of aromatic nitrogens is 4. The van der Waals surface area contributed by atoms with Gasteiger partial charge in [0, 0.05) is 13.1 Å². The Hall–Kier alpha value is -2.42. The number of thioether (sulfide) groups is 1. The van der Waals surface area contributed by atoms with Crippen LogP contribution in [0.2, 0.25) is 0 Å². The number of likely N-dealkylation sites (tertiary alicyclic amines) is 1. The number of hydrogen-bond acceptors (Lipinski definition) is 7. The second-order valence-electron chi connectivity index (χ2n) is 6.88. The first-order chi connectivity index (χ1) is 13.5. The lowest BCUT2D eigenvalue weighted by molar-refractivity contribution is -0.151. The van der Waals surface area contributed by atoms with E-state index in [2.05, 4.69) is 21.6 Å². The van der Waals surface area contributed by atoms with Gasteiger partial charge in [-0.25, -0.2) is 0 Å². The number of carbonyl (C=O) groups is 2. The summed E-state index contributed by atoms with van der Waals surface area (Å²) in [5.41, 5.74) is 3.12. The average Bonchev–Trinajstić information content (AvgIpc) is 3.14. The van der Waals surface area contributed by atoms with Gasteiger partial charge in [-0.05, 0) is 55.7 Å². The smallest absolute Gasteiger partial charge is 0.310 e. The minimum absolute atomic E-state index is 0.0193. The van der Waals surface area contributed by atoms with Crippen LogP contribution in [0.1, 0.15) is 30.9 Å². The molecule has 1 aliphatic heterocycles. The summed E-state index contributed by atoms with van der Waals surface area (Å²) in [6, 6.07) is 6.05. The summed E-state index contributed by atoms with van der Waals surface area (Å²) in [7, 11) is 0. The lowest BCUT2D eigenvalue weighted by Gasteiger charge is -2.31. The van der Waals surface area contributed by atoms with E-state index < -0.39 is 0 Å². The maximum Gasteiger partial charge on any atom is 0.310 e. The van der Waals surface area contributed by atoms with Crippen molar-refractivity contribution in [3.05, 3.63) is 29.3 Å². The minimum Gasteiger partial charge on any atom is -0.466 e. The molecule has 0 bridgehead atoms. The fourth-order valence-electron chi connectivity index (χ4n) is 3.34. The molecule has 2 aromatic rings. The van der Waals surface area contributed by atoms with E-state index in [4.69, 9.17) is 4.74 Å². The summed E-state index contributed by atoms with van der Waals surface area (Å²) in [6.45, 7) is 7.28. The number of rotatable bonds is 6. The molecule has 1 aromatic heterocycles. The molecule has 8 nitrogen and oxygen atoms in total. The van der Waals surface area contributed by atoms with E-state index in [1.54, 1.807) is 16.5 Å². The van der Waals surface area contributed by atoms with Crippen LogP contribution in [0.15, 0.2) is 23.4 Å². The van der Waals surface area contributed by atoms with Crippen molar-refractivity contribution in [2.24, 2.45) is 5.92 Å². The van der Waals surface area contributed by atoms with Gasteiger partial charge in [0.05, 0.1) is 24.0 Å². The molecule has 0 radical (unpaired) electrons. The van der Waals surface area contributed by atoms with E-state index >= 15 is 0 Å². The number of esters is 1. The summed E-state index contributed by atoms with van der Waals surface area (Å²) >= 11 is 1.30. The largest absolute Gasteiger partial charge is 0.466 e. The molecular formula is C19H25N5O3S. The average molecular weight is 404 g/mol. The first kappa shape index (κ1) is 20.3. The molecular weight excluding hydrogens is 378 g/mol. The molecule has 1 atom stereocenters. The lowest BCUT2D eigenvalue weighted by Crippen LogP contribution is -2.43. The molecule has 1 aromatic carbocycles. The van der Waals surface area contributed by atoms with Gasteiger partial charge in [0.1, 0.15) is 0 Å². The maximum absolute atomic E-state index is 12.7. The summed E-state index contributed by atoms with van der Waals surface area (Å²) in [5, 5.41) is 12.5. The standard InChI is InChI=1S/C19H25N5O3S/c1-4-27-18(26)15-6-5-9-23(11-15)17(25)12-28-19-20-21-22-24(19)16-8-7-13(2)10-14(16)3/h7-8,10,15H,4-6,9,11-12H2,1-3H3/t15-/m1/s1. The summed E-state index contributed by atoms with van der Waals surface area (Å²) in [5.74, 6) is -0.246. The second-order valence-corrected chi connectivity index (χ2v) is 7.83. The van der Waals surface area contributed by atoms with Gasteiger partial charge in [0.2, 0.25) is 11.1 Å². The Morgan fingerprint density at radius 3 is 2.89 bits per heavy atom. The van der Waals surface area contributed by atoms with Crippen LogP contribution in [-0.2, 0) is 14.3 Å². The van der Waals surface area contributed by atoms with Gasteiger partial charge < -0.3 is 9.64 Å². The Bertz CT molecular complexity index is 854. The Morgan fingerprint density at radius 1 is 1.32 bits per heavy atom. The second kappa shape index (κ2) is 9.18. The van der Waals surface area contributed by atoms with E-state index in [-0.39, 0.29) is 23.5 Å². The van der Waals surface area contributed by atoms with Crippen molar-refractivity contribution in [3.63, 3.8) is 0 Å². The predicted octanol–water partition coefficient (Wildman–Crippen LogP) is 2.17. The van der Waals surface area contributed by atoms with Crippen LogP contribution in [0.3, 0.4) is 0 Å². The van der Waals surface area contributed by atoms with Gasteiger partial charge in [0.15, 0.2) is 0 Å². The van der Waals surface area contributed by atoms with Gasteiger partial charge in [-0.3, -0.25) is 9.59 Å². The normalized spacial score (nSPS) is 16.8. The number of ether oxygens (including phenoxy) is 1. The fourth-order valence-corrected chi connectivity index (χ4v) is 4.12. The molecule has 0 saturated carbocycles. The van der Waals surface area contributed by atoms with Gasteiger partial charge in [0.25, 0.3) is 0 Å². The van der Waals surface area contributed by atoms with Crippen molar-refractivity contribution in [2.75, 3.05) is 25.4 Å². The van der Waals surface area contributed by atoms with Crippen molar-refractivity contribution >= 4 is 23.6 Å². The van der Waals surface area contributed by atoms with Gasteiger partial charge in [-0.1, -0.05) is 29.5 Å². The van der Waals surface area contributed by atoms with E-state index in [9.17, 15) is 9.59 Å². The SMILES string of the molecule is CCOC(=O)[C@@H]1CCCN(C(=O)CSc2nnnn2-c2ccc(C)cc2C)C1. The predicted molar refractivity (Wildman–Crippen MR) is 105 cm³/mol. The fraction of sp³-hybridized carbons (Fsp3) is 0.526. The molecule has 9 heteroatoms. The third kappa shape index (κ3) is 4.70. The number of amides is 1. The number of aryl methyl sites for hydroxylation is 2. The highest BCUT2D eigenvalue weighted by molar-refractivity contribution is 7.99. The number of carbonyl (C=O) groups excluding carboxylic acids is 2. The highest BCUT2D eigenvalue weighted by Gasteiger charge is 2.29. The van der Waals surface area contributed by atoms with Crippen molar-refractivity contribution in [2.45, 2.75) is 38.8 Å². The Morgan fingerprint density at radius 2 is 2.14 bits per heavy atom. The third-order valence-electron chi connectivity index (χ3n) is 4.74. The van der Waals surface area contributed by atoms with Crippen LogP contribution in [0.5, 0.6) is 0 Å². The van der Waals surface area contributed by atoms with Crippen LogP contribution in [0.4, 0.5) is 0 Å². The van der Waals surface area contributed by atoms with Crippen molar-refractivity contribution in [1.29, 1.82) is 0 Å². The summed E-state index contributed by atoms with van der Waals surface area (Å²) < 4.78 is 6.76. The third-order valence-corrected chi connectivity index (χ3v) is 5.64. The number of tetrazole rings is 1. The zero-order valence-corrected chi connectivity index (χ0v) is 17.2. The maximum atomic E-state index is 12.7. The molecule has 2 heterocycles. The highest BCUT2D eigenvalue weighted by atomic mass is 32.2. The van der Waals surface area contributed by atoms with Crippen LogP contribution in [-0.4, -0.2) is 62.4 Å². The van der Waals surface area contributed by atoms with Gasteiger partial charge >= 0.3 is 5.97 Å². The Labute approximate surface area is 168 Å². The quantitative estimate of drug-likeness (QED) is 0.539. The minimum atomic E-state index is -0.233. The van der Waals surface area contributed by atoms with Crippen LogP contribution in [0, 0.1) is 19.8 Å².